The molecule has 0 aliphatic carbocycles. The van der Waals surface area contributed by atoms with Crippen molar-refractivity contribution in [3.63, 3.8) is 0 Å². The average molecular weight is 388 g/mol. The summed E-state index contributed by atoms with van der Waals surface area (Å²) in [5, 5.41) is 2.94. The van der Waals surface area contributed by atoms with Gasteiger partial charge in [-0.05, 0) is 51.0 Å². The molecule has 0 aliphatic rings. The lowest BCUT2D eigenvalue weighted by Crippen LogP contribution is -2.43. The average Bonchev–Trinajstić information content (AvgIpc) is 2.59. The Morgan fingerprint density at radius 3 is 2.52 bits per heavy atom. The Balaban J connectivity index is 1.91. The lowest BCUT2D eigenvalue weighted by molar-refractivity contribution is 0.0495. The number of nitrogens with one attached hydrogen (secondary N) is 1. The zero-order valence-electron chi connectivity index (χ0n) is 16.5. The quantitative estimate of drug-likeness (QED) is 0.676. The van der Waals surface area contributed by atoms with E-state index in [1.807, 2.05) is 70.2 Å². The number of rotatable bonds is 8. The van der Waals surface area contributed by atoms with Crippen LogP contribution in [0.3, 0.4) is 0 Å². The third kappa shape index (κ3) is 8.87. The summed E-state index contributed by atoms with van der Waals surface area (Å²) in [4.78, 5) is 12.2. The fourth-order valence-electron chi connectivity index (χ4n) is 2.40. The molecule has 146 valence electrons. The third-order valence-corrected chi connectivity index (χ3v) is 4.77. The minimum absolute atomic E-state index is 0.144. The number of amides is 1. The van der Waals surface area contributed by atoms with E-state index in [2.05, 4.69) is 17.4 Å². The number of aryl methyl sites for hydroxylation is 1. The first-order valence-electron chi connectivity index (χ1n) is 9.12. The maximum Gasteiger partial charge on any atom is 0.408 e. The van der Waals surface area contributed by atoms with Crippen molar-refractivity contribution < 1.29 is 14.3 Å². The first-order chi connectivity index (χ1) is 12.8. The monoisotopic (exact) mass is 387 g/mol. The van der Waals surface area contributed by atoms with Gasteiger partial charge in [0.1, 0.15) is 18.0 Å². The predicted octanol–water partition coefficient (Wildman–Crippen LogP) is 5.20. The Morgan fingerprint density at radius 1 is 1.11 bits per heavy atom. The number of hydrogen-bond donors (Lipinski definition) is 1. The first-order valence-corrected chi connectivity index (χ1v) is 10.3. The zero-order chi connectivity index (χ0) is 19.7. The van der Waals surface area contributed by atoms with Crippen molar-refractivity contribution in [3.05, 3.63) is 65.7 Å². The van der Waals surface area contributed by atoms with E-state index in [0.717, 1.165) is 22.8 Å². The Labute approximate surface area is 166 Å². The van der Waals surface area contributed by atoms with Gasteiger partial charge in [0.25, 0.3) is 0 Å². The summed E-state index contributed by atoms with van der Waals surface area (Å²) in [6.07, 6.45) is -0.416. The highest BCUT2D eigenvalue weighted by atomic mass is 32.2. The molecule has 0 bridgehead atoms. The Kier molecular flexibility index (Phi) is 8.04. The van der Waals surface area contributed by atoms with Crippen LogP contribution in [-0.4, -0.2) is 30.1 Å². The molecule has 0 radical (unpaired) electrons. The van der Waals surface area contributed by atoms with E-state index in [9.17, 15) is 4.79 Å². The standard InChI is InChI=1S/C22H29NO3S/c1-17-9-8-12-20(13-17)25-14-19(23-21(24)26-22(2,3)4)16-27-15-18-10-6-5-7-11-18/h5-13,19H,14-16H2,1-4H3,(H,23,24). The van der Waals surface area contributed by atoms with Crippen LogP contribution in [-0.2, 0) is 10.5 Å². The number of ether oxygens (including phenoxy) is 2. The van der Waals surface area contributed by atoms with Gasteiger partial charge in [0.2, 0.25) is 0 Å². The van der Waals surface area contributed by atoms with Gasteiger partial charge in [0, 0.05) is 11.5 Å². The van der Waals surface area contributed by atoms with Crippen LogP contribution in [0.2, 0.25) is 0 Å². The highest BCUT2D eigenvalue weighted by Crippen LogP contribution is 2.16. The molecule has 4 nitrogen and oxygen atoms in total. The molecule has 2 aromatic carbocycles. The Hall–Kier alpha value is -2.14. The molecule has 0 spiro atoms. The number of hydrogen-bond acceptors (Lipinski definition) is 4. The summed E-state index contributed by atoms with van der Waals surface area (Å²) < 4.78 is 11.3. The number of alkyl carbamates (subject to hydrolysis) is 1. The SMILES string of the molecule is Cc1cccc(OCC(CSCc2ccccc2)NC(=O)OC(C)(C)C)c1. The van der Waals surface area contributed by atoms with E-state index in [0.29, 0.717) is 6.61 Å². The van der Waals surface area contributed by atoms with Crippen LogP contribution in [0.4, 0.5) is 4.79 Å². The summed E-state index contributed by atoms with van der Waals surface area (Å²) >= 11 is 1.76. The summed E-state index contributed by atoms with van der Waals surface area (Å²) in [6.45, 7) is 7.99. The highest BCUT2D eigenvalue weighted by molar-refractivity contribution is 7.98. The van der Waals surface area contributed by atoms with Gasteiger partial charge >= 0.3 is 6.09 Å². The topological polar surface area (TPSA) is 47.6 Å². The van der Waals surface area contributed by atoms with Crippen molar-refractivity contribution in [2.24, 2.45) is 0 Å². The van der Waals surface area contributed by atoms with Gasteiger partial charge in [-0.25, -0.2) is 4.79 Å². The van der Waals surface area contributed by atoms with Gasteiger partial charge in [-0.15, -0.1) is 0 Å². The van der Waals surface area contributed by atoms with Gasteiger partial charge in [0.05, 0.1) is 6.04 Å². The number of carbonyl (C=O) groups is 1. The molecule has 0 fully saturated rings. The van der Waals surface area contributed by atoms with Crippen molar-refractivity contribution in [1.29, 1.82) is 0 Å². The number of thioether (sulfide) groups is 1. The van der Waals surface area contributed by atoms with Crippen LogP contribution < -0.4 is 10.1 Å². The molecule has 0 aliphatic heterocycles. The molecule has 1 atom stereocenters. The van der Waals surface area contributed by atoms with Crippen LogP contribution in [0.15, 0.2) is 54.6 Å². The summed E-state index contributed by atoms with van der Waals surface area (Å²) in [5.74, 6) is 2.43. The molecule has 5 heteroatoms. The minimum Gasteiger partial charge on any atom is -0.491 e. The molecule has 0 saturated heterocycles. The number of benzene rings is 2. The first kappa shape index (κ1) is 21.2. The van der Waals surface area contributed by atoms with Gasteiger partial charge in [-0.1, -0.05) is 42.5 Å². The predicted molar refractivity (Wildman–Crippen MR) is 112 cm³/mol. The smallest absolute Gasteiger partial charge is 0.408 e. The van der Waals surface area contributed by atoms with E-state index in [1.165, 1.54) is 5.56 Å². The van der Waals surface area contributed by atoms with Crippen LogP contribution in [0, 0.1) is 6.92 Å². The molecule has 2 rings (SSSR count). The molecule has 27 heavy (non-hydrogen) atoms. The van der Waals surface area contributed by atoms with Gasteiger partial charge in [0.15, 0.2) is 0 Å². The second kappa shape index (κ2) is 10.3. The normalized spacial score (nSPS) is 12.3. The number of carbonyl (C=O) groups excluding carboxylic acids is 1. The van der Waals surface area contributed by atoms with Crippen molar-refractivity contribution in [2.45, 2.75) is 45.1 Å². The molecular weight excluding hydrogens is 358 g/mol. The highest BCUT2D eigenvalue weighted by Gasteiger charge is 2.20. The van der Waals surface area contributed by atoms with Gasteiger partial charge in [-0.2, -0.15) is 11.8 Å². The van der Waals surface area contributed by atoms with Crippen LogP contribution in [0.1, 0.15) is 31.9 Å². The van der Waals surface area contributed by atoms with Gasteiger partial charge in [-0.3, -0.25) is 0 Å². The zero-order valence-corrected chi connectivity index (χ0v) is 17.3. The largest absolute Gasteiger partial charge is 0.491 e. The second-order valence-electron chi connectivity index (χ2n) is 7.47. The third-order valence-electron chi connectivity index (χ3n) is 3.59. The van der Waals surface area contributed by atoms with Crippen molar-refractivity contribution in [2.75, 3.05) is 12.4 Å². The van der Waals surface area contributed by atoms with Crippen molar-refractivity contribution in [1.82, 2.24) is 5.32 Å². The lowest BCUT2D eigenvalue weighted by Gasteiger charge is -2.24. The molecule has 0 heterocycles. The fourth-order valence-corrected chi connectivity index (χ4v) is 3.41. The lowest BCUT2D eigenvalue weighted by atomic mass is 10.2. The van der Waals surface area contributed by atoms with Crippen molar-refractivity contribution in [3.8, 4) is 5.75 Å². The van der Waals surface area contributed by atoms with E-state index in [4.69, 9.17) is 9.47 Å². The minimum atomic E-state index is -0.525. The fraction of sp³-hybridized carbons (Fsp3) is 0.409. The second-order valence-corrected chi connectivity index (χ2v) is 8.50. The van der Waals surface area contributed by atoms with Gasteiger partial charge < -0.3 is 14.8 Å². The Morgan fingerprint density at radius 2 is 1.85 bits per heavy atom. The molecule has 0 aromatic heterocycles. The maximum absolute atomic E-state index is 12.2. The van der Waals surface area contributed by atoms with E-state index >= 15 is 0 Å². The molecule has 2 aromatic rings. The Bertz CT molecular complexity index is 713. The molecule has 1 amide bonds. The molecular formula is C22H29NO3S. The van der Waals surface area contributed by atoms with E-state index in [-0.39, 0.29) is 6.04 Å². The molecule has 0 saturated carbocycles. The van der Waals surface area contributed by atoms with Crippen LogP contribution in [0.25, 0.3) is 0 Å². The summed E-state index contributed by atoms with van der Waals surface area (Å²) in [5.41, 5.74) is 1.88. The molecule has 1 N–H and O–H groups in total. The van der Waals surface area contributed by atoms with Crippen LogP contribution >= 0.6 is 11.8 Å². The molecule has 1 unspecified atom stereocenters. The summed E-state index contributed by atoms with van der Waals surface area (Å²) in [6, 6.07) is 18.0. The van der Waals surface area contributed by atoms with Crippen LogP contribution in [0.5, 0.6) is 5.75 Å². The van der Waals surface area contributed by atoms with E-state index in [1.54, 1.807) is 11.8 Å². The maximum atomic E-state index is 12.2. The summed E-state index contributed by atoms with van der Waals surface area (Å²) in [7, 11) is 0. The van der Waals surface area contributed by atoms with Crippen molar-refractivity contribution >= 4 is 17.9 Å². The van der Waals surface area contributed by atoms with E-state index < -0.39 is 11.7 Å².